The normalized spacial score (nSPS) is 10.1. The van der Waals surface area contributed by atoms with Gasteiger partial charge in [-0.3, -0.25) is 0 Å². The van der Waals surface area contributed by atoms with Crippen molar-refractivity contribution in [3.63, 3.8) is 0 Å². The fourth-order valence-corrected chi connectivity index (χ4v) is 1.18. The molecular formula is C12H12O2. The average Bonchev–Trinajstić information content (AvgIpc) is 2.70. The first-order valence-corrected chi connectivity index (χ1v) is 4.56. The first kappa shape index (κ1) is 8.88. The van der Waals surface area contributed by atoms with Crippen molar-refractivity contribution in [1.29, 1.82) is 0 Å². The SMILES string of the molecule is Cc1ccc(OCc2ccco2)cc1. The van der Waals surface area contributed by atoms with Gasteiger partial charge in [-0.15, -0.1) is 0 Å². The Balaban J connectivity index is 1.95. The maximum absolute atomic E-state index is 5.51. The molecule has 0 amide bonds. The molecule has 2 aromatic rings. The van der Waals surface area contributed by atoms with Crippen molar-refractivity contribution in [3.8, 4) is 5.75 Å². The highest BCUT2D eigenvalue weighted by atomic mass is 16.5. The van der Waals surface area contributed by atoms with Gasteiger partial charge in [-0.25, -0.2) is 0 Å². The van der Waals surface area contributed by atoms with E-state index in [-0.39, 0.29) is 0 Å². The number of ether oxygens (including phenoxy) is 1. The van der Waals surface area contributed by atoms with E-state index in [1.807, 2.05) is 36.4 Å². The first-order chi connectivity index (χ1) is 6.84. The molecule has 1 heterocycles. The number of rotatable bonds is 3. The molecule has 1 aromatic carbocycles. The Morgan fingerprint density at radius 1 is 1.14 bits per heavy atom. The van der Waals surface area contributed by atoms with Crippen LogP contribution in [-0.4, -0.2) is 0 Å². The molecule has 2 heteroatoms. The lowest BCUT2D eigenvalue weighted by atomic mass is 10.2. The molecule has 1 aromatic heterocycles. The van der Waals surface area contributed by atoms with Gasteiger partial charge in [0.25, 0.3) is 0 Å². The van der Waals surface area contributed by atoms with E-state index >= 15 is 0 Å². The van der Waals surface area contributed by atoms with Crippen molar-refractivity contribution in [3.05, 3.63) is 54.0 Å². The predicted molar refractivity (Wildman–Crippen MR) is 54.2 cm³/mol. The smallest absolute Gasteiger partial charge is 0.146 e. The molecule has 0 aliphatic rings. The molecule has 0 spiro atoms. The topological polar surface area (TPSA) is 22.4 Å². The molecule has 0 radical (unpaired) electrons. The second-order valence-electron chi connectivity index (χ2n) is 3.18. The zero-order chi connectivity index (χ0) is 9.80. The largest absolute Gasteiger partial charge is 0.486 e. The summed E-state index contributed by atoms with van der Waals surface area (Å²) < 4.78 is 10.7. The van der Waals surface area contributed by atoms with Crippen LogP contribution >= 0.6 is 0 Å². The van der Waals surface area contributed by atoms with Crippen molar-refractivity contribution < 1.29 is 9.15 Å². The number of hydrogen-bond donors (Lipinski definition) is 0. The minimum atomic E-state index is 0.482. The quantitative estimate of drug-likeness (QED) is 0.738. The molecule has 72 valence electrons. The van der Waals surface area contributed by atoms with Crippen LogP contribution in [0.25, 0.3) is 0 Å². The van der Waals surface area contributed by atoms with E-state index < -0.39 is 0 Å². The van der Waals surface area contributed by atoms with Gasteiger partial charge in [-0.1, -0.05) is 17.7 Å². The van der Waals surface area contributed by atoms with Crippen LogP contribution < -0.4 is 4.74 Å². The molecule has 0 fully saturated rings. The summed E-state index contributed by atoms with van der Waals surface area (Å²) in [5.41, 5.74) is 1.23. The molecule has 0 atom stereocenters. The standard InChI is InChI=1S/C12H12O2/c1-10-4-6-11(7-5-10)14-9-12-3-2-8-13-12/h2-8H,9H2,1H3. The molecule has 0 N–H and O–H groups in total. The molecule has 0 aliphatic heterocycles. The minimum Gasteiger partial charge on any atom is -0.486 e. The van der Waals surface area contributed by atoms with E-state index in [0.29, 0.717) is 6.61 Å². The van der Waals surface area contributed by atoms with Crippen LogP contribution in [0.5, 0.6) is 5.75 Å². The van der Waals surface area contributed by atoms with E-state index in [9.17, 15) is 0 Å². The van der Waals surface area contributed by atoms with Crippen LogP contribution in [0.4, 0.5) is 0 Å². The van der Waals surface area contributed by atoms with E-state index in [1.54, 1.807) is 6.26 Å². The second kappa shape index (κ2) is 4.01. The highest BCUT2D eigenvalue weighted by molar-refractivity contribution is 5.26. The average molecular weight is 188 g/mol. The van der Waals surface area contributed by atoms with E-state index in [1.165, 1.54) is 5.56 Å². The third kappa shape index (κ3) is 2.16. The summed E-state index contributed by atoms with van der Waals surface area (Å²) in [5.74, 6) is 1.71. The molecule has 0 aliphatic carbocycles. The van der Waals surface area contributed by atoms with Crippen LogP contribution in [0, 0.1) is 6.92 Å². The number of aryl methyl sites for hydroxylation is 1. The van der Waals surface area contributed by atoms with Crippen LogP contribution in [0.2, 0.25) is 0 Å². The molecular weight excluding hydrogens is 176 g/mol. The van der Waals surface area contributed by atoms with Gasteiger partial charge >= 0.3 is 0 Å². The maximum Gasteiger partial charge on any atom is 0.146 e. The Hall–Kier alpha value is -1.70. The van der Waals surface area contributed by atoms with Crippen molar-refractivity contribution >= 4 is 0 Å². The summed E-state index contributed by atoms with van der Waals surface area (Å²) in [6, 6.07) is 11.7. The summed E-state index contributed by atoms with van der Waals surface area (Å²) in [6.07, 6.45) is 1.65. The predicted octanol–water partition coefficient (Wildman–Crippen LogP) is 3.17. The zero-order valence-corrected chi connectivity index (χ0v) is 8.07. The van der Waals surface area contributed by atoms with Gasteiger partial charge in [0.05, 0.1) is 6.26 Å². The summed E-state index contributed by atoms with van der Waals surface area (Å²) in [5, 5.41) is 0. The number of hydrogen-bond acceptors (Lipinski definition) is 2. The van der Waals surface area contributed by atoms with E-state index in [0.717, 1.165) is 11.5 Å². The molecule has 0 saturated heterocycles. The summed E-state index contributed by atoms with van der Waals surface area (Å²) in [4.78, 5) is 0. The van der Waals surface area contributed by atoms with Gasteiger partial charge in [-0.2, -0.15) is 0 Å². The Bertz CT molecular complexity index is 373. The van der Waals surface area contributed by atoms with Gasteiger partial charge in [0.15, 0.2) is 0 Å². The number of benzene rings is 1. The van der Waals surface area contributed by atoms with Crippen LogP contribution in [-0.2, 0) is 6.61 Å². The minimum absolute atomic E-state index is 0.482. The highest BCUT2D eigenvalue weighted by Gasteiger charge is 1.96. The third-order valence-electron chi connectivity index (χ3n) is 1.98. The van der Waals surface area contributed by atoms with E-state index in [2.05, 4.69) is 6.92 Å². The third-order valence-corrected chi connectivity index (χ3v) is 1.98. The molecule has 0 unspecified atom stereocenters. The van der Waals surface area contributed by atoms with Gasteiger partial charge in [0.2, 0.25) is 0 Å². The second-order valence-corrected chi connectivity index (χ2v) is 3.18. The molecule has 14 heavy (non-hydrogen) atoms. The summed E-state index contributed by atoms with van der Waals surface area (Å²) >= 11 is 0. The molecule has 2 nitrogen and oxygen atoms in total. The van der Waals surface area contributed by atoms with Gasteiger partial charge < -0.3 is 9.15 Å². The lowest BCUT2D eigenvalue weighted by Gasteiger charge is -2.03. The molecule has 0 saturated carbocycles. The Morgan fingerprint density at radius 2 is 1.93 bits per heavy atom. The van der Waals surface area contributed by atoms with Crippen molar-refractivity contribution in [2.45, 2.75) is 13.5 Å². The first-order valence-electron chi connectivity index (χ1n) is 4.56. The highest BCUT2D eigenvalue weighted by Crippen LogP contribution is 2.13. The van der Waals surface area contributed by atoms with Gasteiger partial charge in [0, 0.05) is 0 Å². The molecule has 2 rings (SSSR count). The van der Waals surface area contributed by atoms with Crippen molar-refractivity contribution in [1.82, 2.24) is 0 Å². The van der Waals surface area contributed by atoms with E-state index in [4.69, 9.17) is 9.15 Å². The van der Waals surface area contributed by atoms with Gasteiger partial charge in [-0.05, 0) is 31.2 Å². The van der Waals surface area contributed by atoms with Crippen LogP contribution in [0.15, 0.2) is 47.1 Å². The monoisotopic (exact) mass is 188 g/mol. The Morgan fingerprint density at radius 3 is 2.57 bits per heavy atom. The van der Waals surface area contributed by atoms with Gasteiger partial charge in [0.1, 0.15) is 18.1 Å². The summed E-state index contributed by atoms with van der Waals surface area (Å²) in [6.45, 7) is 2.53. The molecule has 0 bridgehead atoms. The van der Waals surface area contributed by atoms with Crippen LogP contribution in [0.3, 0.4) is 0 Å². The zero-order valence-electron chi connectivity index (χ0n) is 8.07. The fraction of sp³-hybridized carbons (Fsp3) is 0.167. The lowest BCUT2D eigenvalue weighted by molar-refractivity contribution is 0.270. The van der Waals surface area contributed by atoms with Crippen molar-refractivity contribution in [2.24, 2.45) is 0 Å². The summed E-state index contributed by atoms with van der Waals surface area (Å²) in [7, 11) is 0. The Labute approximate surface area is 83.1 Å². The van der Waals surface area contributed by atoms with Crippen LogP contribution in [0.1, 0.15) is 11.3 Å². The lowest BCUT2D eigenvalue weighted by Crippen LogP contribution is -1.93. The van der Waals surface area contributed by atoms with Crippen molar-refractivity contribution in [2.75, 3.05) is 0 Å². The Kier molecular flexibility index (Phi) is 2.54. The maximum atomic E-state index is 5.51. The fourth-order valence-electron chi connectivity index (χ4n) is 1.18. The number of furan rings is 1.